The lowest BCUT2D eigenvalue weighted by molar-refractivity contribution is -0.130. The molecular weight excluding hydrogens is 302 g/mol. The van der Waals surface area contributed by atoms with Gasteiger partial charge in [-0.3, -0.25) is 19.6 Å². The van der Waals surface area contributed by atoms with E-state index in [-0.39, 0.29) is 11.8 Å². The number of rotatable bonds is 2. The van der Waals surface area contributed by atoms with Crippen LogP contribution < -0.4 is 0 Å². The average molecular weight is 317 g/mol. The first kappa shape index (κ1) is 14.6. The van der Waals surface area contributed by atoms with E-state index in [0.29, 0.717) is 42.6 Å². The van der Waals surface area contributed by atoms with Gasteiger partial charge in [0.1, 0.15) is 16.4 Å². The van der Waals surface area contributed by atoms with Crippen molar-refractivity contribution in [2.75, 3.05) is 26.2 Å². The van der Waals surface area contributed by atoms with E-state index in [0.717, 1.165) is 0 Å². The smallest absolute Gasteiger partial charge is 0.273 e. The Morgan fingerprint density at radius 1 is 1.14 bits per heavy atom. The van der Waals surface area contributed by atoms with Gasteiger partial charge in [0, 0.05) is 50.9 Å². The molecule has 0 N–H and O–H groups in total. The fourth-order valence-electron chi connectivity index (χ4n) is 2.29. The fourth-order valence-corrected chi connectivity index (χ4v) is 3.04. The highest BCUT2D eigenvalue weighted by atomic mass is 32.1. The van der Waals surface area contributed by atoms with Crippen molar-refractivity contribution in [1.29, 1.82) is 0 Å². The van der Waals surface area contributed by atoms with Crippen LogP contribution in [-0.2, 0) is 4.79 Å². The van der Waals surface area contributed by atoms with Crippen LogP contribution in [0, 0.1) is 0 Å². The number of carbonyl (C=O) groups is 2. The largest absolute Gasteiger partial charge is 0.339 e. The molecule has 0 bridgehead atoms. The Balaban J connectivity index is 1.69. The zero-order chi connectivity index (χ0) is 15.5. The second kappa shape index (κ2) is 6.18. The van der Waals surface area contributed by atoms with Gasteiger partial charge in [-0.15, -0.1) is 11.3 Å². The predicted molar refractivity (Wildman–Crippen MR) is 81.3 cm³/mol. The van der Waals surface area contributed by atoms with Gasteiger partial charge in [-0.25, -0.2) is 4.98 Å². The molecule has 0 spiro atoms. The Kier molecular flexibility index (Phi) is 4.10. The monoisotopic (exact) mass is 317 g/mol. The first-order valence-electron chi connectivity index (χ1n) is 6.92. The van der Waals surface area contributed by atoms with Crippen LogP contribution >= 0.6 is 11.3 Å². The van der Waals surface area contributed by atoms with Gasteiger partial charge in [0.2, 0.25) is 5.91 Å². The average Bonchev–Trinajstić information content (AvgIpc) is 3.05. The van der Waals surface area contributed by atoms with Crippen LogP contribution in [0.3, 0.4) is 0 Å². The van der Waals surface area contributed by atoms with E-state index in [4.69, 9.17) is 0 Å². The summed E-state index contributed by atoms with van der Waals surface area (Å²) in [4.78, 5) is 39.8. The van der Waals surface area contributed by atoms with Gasteiger partial charge < -0.3 is 9.80 Å². The maximum Gasteiger partial charge on any atom is 0.273 e. The summed E-state index contributed by atoms with van der Waals surface area (Å²) in [6.45, 7) is 3.77. The van der Waals surface area contributed by atoms with Crippen LogP contribution in [0.25, 0.3) is 10.7 Å². The molecule has 2 amide bonds. The zero-order valence-electron chi connectivity index (χ0n) is 12.1. The van der Waals surface area contributed by atoms with Crippen LogP contribution in [0.15, 0.2) is 24.0 Å². The molecule has 0 radical (unpaired) electrons. The molecule has 3 heterocycles. The molecule has 8 heteroatoms. The molecule has 114 valence electrons. The summed E-state index contributed by atoms with van der Waals surface area (Å²) >= 11 is 1.37. The van der Waals surface area contributed by atoms with Gasteiger partial charge in [-0.1, -0.05) is 0 Å². The molecular formula is C14H15N5O2S. The lowest BCUT2D eigenvalue weighted by atomic mass is 10.3. The lowest BCUT2D eigenvalue weighted by Gasteiger charge is -2.33. The van der Waals surface area contributed by atoms with Crippen LogP contribution in [0.5, 0.6) is 0 Å². The number of piperazine rings is 1. The van der Waals surface area contributed by atoms with Crippen LogP contribution in [-0.4, -0.2) is 62.7 Å². The molecule has 2 aromatic rings. The molecule has 0 atom stereocenters. The Morgan fingerprint density at radius 2 is 1.86 bits per heavy atom. The van der Waals surface area contributed by atoms with E-state index >= 15 is 0 Å². The Hall–Kier alpha value is -2.35. The van der Waals surface area contributed by atoms with E-state index in [2.05, 4.69) is 15.0 Å². The van der Waals surface area contributed by atoms with Gasteiger partial charge in [0.15, 0.2) is 0 Å². The second-order valence-corrected chi connectivity index (χ2v) is 5.78. The van der Waals surface area contributed by atoms with Crippen molar-refractivity contribution >= 4 is 23.2 Å². The lowest BCUT2D eigenvalue weighted by Crippen LogP contribution is -2.50. The van der Waals surface area contributed by atoms with E-state index in [1.165, 1.54) is 11.3 Å². The minimum Gasteiger partial charge on any atom is -0.339 e. The Bertz CT molecular complexity index is 680. The van der Waals surface area contributed by atoms with E-state index < -0.39 is 0 Å². The van der Waals surface area contributed by atoms with Crippen molar-refractivity contribution in [3.8, 4) is 10.7 Å². The maximum atomic E-state index is 12.5. The number of nitrogens with zero attached hydrogens (tertiary/aromatic N) is 5. The van der Waals surface area contributed by atoms with Gasteiger partial charge in [-0.2, -0.15) is 0 Å². The first-order chi connectivity index (χ1) is 10.6. The summed E-state index contributed by atoms with van der Waals surface area (Å²) in [5.74, 6) is -0.0553. The summed E-state index contributed by atoms with van der Waals surface area (Å²) in [5.41, 5.74) is 1.08. The van der Waals surface area contributed by atoms with Gasteiger partial charge in [0.25, 0.3) is 5.91 Å². The first-order valence-corrected chi connectivity index (χ1v) is 7.80. The molecule has 0 unspecified atom stereocenters. The third-order valence-corrected chi connectivity index (χ3v) is 4.38. The quantitative estimate of drug-likeness (QED) is 0.822. The molecule has 1 saturated heterocycles. The normalized spacial score (nSPS) is 15.0. The minimum absolute atomic E-state index is 0.0469. The summed E-state index contributed by atoms with van der Waals surface area (Å²) in [5, 5.41) is 2.42. The third kappa shape index (κ3) is 2.96. The third-order valence-electron chi connectivity index (χ3n) is 3.52. The van der Waals surface area contributed by atoms with E-state index in [9.17, 15) is 9.59 Å². The summed E-state index contributed by atoms with van der Waals surface area (Å²) in [7, 11) is 0. The summed E-state index contributed by atoms with van der Waals surface area (Å²) in [6, 6.07) is 0. The van der Waals surface area contributed by atoms with E-state index in [1.54, 1.807) is 40.7 Å². The number of thiazole rings is 1. The number of carbonyl (C=O) groups excluding carboxylic acids is 2. The highest BCUT2D eigenvalue weighted by Crippen LogP contribution is 2.21. The molecule has 3 rings (SSSR count). The highest BCUT2D eigenvalue weighted by Gasteiger charge is 2.25. The van der Waals surface area contributed by atoms with Gasteiger partial charge in [0.05, 0.1) is 6.20 Å². The maximum absolute atomic E-state index is 12.5. The predicted octanol–water partition coefficient (Wildman–Crippen LogP) is 0.904. The standard InChI is InChI=1S/C14H15N5O2S/c1-10(20)18-4-6-19(7-5-18)14(21)12-9-22-13(17-12)11-8-15-2-3-16-11/h2-3,8-9H,4-7H2,1H3. The topological polar surface area (TPSA) is 79.3 Å². The van der Waals surface area contributed by atoms with Crippen LogP contribution in [0.2, 0.25) is 0 Å². The van der Waals surface area contributed by atoms with Crippen LogP contribution in [0.4, 0.5) is 0 Å². The number of amides is 2. The molecule has 22 heavy (non-hydrogen) atoms. The van der Waals surface area contributed by atoms with Crippen molar-refractivity contribution < 1.29 is 9.59 Å². The Labute approximate surface area is 131 Å². The molecule has 0 saturated carbocycles. The number of hydrogen-bond donors (Lipinski definition) is 0. The minimum atomic E-state index is -0.102. The fraction of sp³-hybridized carbons (Fsp3) is 0.357. The van der Waals surface area contributed by atoms with Crippen molar-refractivity contribution in [1.82, 2.24) is 24.8 Å². The van der Waals surface area contributed by atoms with Crippen LogP contribution in [0.1, 0.15) is 17.4 Å². The van der Waals surface area contributed by atoms with Crippen molar-refractivity contribution in [3.63, 3.8) is 0 Å². The molecule has 2 aromatic heterocycles. The Morgan fingerprint density at radius 3 is 2.50 bits per heavy atom. The molecule has 0 aromatic carbocycles. The highest BCUT2D eigenvalue weighted by molar-refractivity contribution is 7.13. The molecule has 1 fully saturated rings. The SMILES string of the molecule is CC(=O)N1CCN(C(=O)c2csc(-c3cnccn3)n2)CC1. The number of hydrogen-bond acceptors (Lipinski definition) is 6. The van der Waals surface area contributed by atoms with Crippen molar-refractivity contribution in [3.05, 3.63) is 29.7 Å². The van der Waals surface area contributed by atoms with Crippen molar-refractivity contribution in [2.45, 2.75) is 6.92 Å². The summed E-state index contributed by atoms with van der Waals surface area (Å²) in [6.07, 6.45) is 4.82. The molecule has 1 aliphatic heterocycles. The van der Waals surface area contributed by atoms with Gasteiger partial charge >= 0.3 is 0 Å². The molecule has 1 aliphatic rings. The molecule has 0 aliphatic carbocycles. The van der Waals surface area contributed by atoms with Gasteiger partial charge in [-0.05, 0) is 0 Å². The molecule has 7 nitrogen and oxygen atoms in total. The zero-order valence-corrected chi connectivity index (χ0v) is 12.9. The van der Waals surface area contributed by atoms with Crippen molar-refractivity contribution in [2.24, 2.45) is 0 Å². The second-order valence-electron chi connectivity index (χ2n) is 4.93. The summed E-state index contributed by atoms with van der Waals surface area (Å²) < 4.78 is 0. The number of aromatic nitrogens is 3. The van der Waals surface area contributed by atoms with E-state index in [1.807, 2.05) is 0 Å².